The number of carbonyl (C=O) groups excluding carboxylic acids is 1. The van der Waals surface area contributed by atoms with E-state index in [0.717, 1.165) is 12.5 Å². The normalized spacial score (nSPS) is 18.3. The summed E-state index contributed by atoms with van der Waals surface area (Å²) >= 11 is 0. The van der Waals surface area contributed by atoms with Gasteiger partial charge in [-0.3, -0.25) is 4.68 Å². The molecule has 0 bridgehead atoms. The predicted octanol–water partition coefficient (Wildman–Crippen LogP) is 3.75. The maximum atomic E-state index is 12.8. The highest BCUT2D eigenvalue weighted by molar-refractivity contribution is 5.89. The number of anilines is 1. The standard InChI is InChI=1S/C18H21F3N4O2/c1-12-11-25(8-3-9-27-12)17(26)22-14-6-4-13(5-7-14)15-10-16(18(19,20)21)23-24(15)2/h4-7,10,12H,3,8-9,11H2,1-2H3,(H,22,26). The van der Waals surface area contributed by atoms with Crippen LogP contribution in [0.15, 0.2) is 30.3 Å². The summed E-state index contributed by atoms with van der Waals surface area (Å²) in [6, 6.07) is 7.41. The highest BCUT2D eigenvalue weighted by atomic mass is 19.4. The molecular formula is C18H21F3N4O2. The zero-order chi connectivity index (χ0) is 19.6. The Bertz CT molecular complexity index is 802. The molecule has 1 unspecified atom stereocenters. The highest BCUT2D eigenvalue weighted by Gasteiger charge is 2.34. The van der Waals surface area contributed by atoms with Crippen LogP contribution < -0.4 is 5.32 Å². The Morgan fingerprint density at radius 1 is 1.30 bits per heavy atom. The molecule has 1 atom stereocenters. The van der Waals surface area contributed by atoms with Gasteiger partial charge < -0.3 is 15.0 Å². The summed E-state index contributed by atoms with van der Waals surface area (Å²) in [5.74, 6) is 0. The molecule has 0 saturated carbocycles. The van der Waals surface area contributed by atoms with Crippen LogP contribution in [0.5, 0.6) is 0 Å². The molecule has 2 heterocycles. The molecule has 0 radical (unpaired) electrons. The lowest BCUT2D eigenvalue weighted by Crippen LogP contribution is -2.38. The number of aryl methyl sites for hydroxylation is 1. The van der Waals surface area contributed by atoms with E-state index in [1.807, 2.05) is 6.92 Å². The van der Waals surface area contributed by atoms with Crippen LogP contribution in [0.1, 0.15) is 19.0 Å². The average Bonchev–Trinajstić information content (AvgIpc) is 2.87. The molecule has 0 aliphatic carbocycles. The lowest BCUT2D eigenvalue weighted by Gasteiger charge is -2.22. The summed E-state index contributed by atoms with van der Waals surface area (Å²) in [6.07, 6.45) is -3.73. The number of hydrogen-bond acceptors (Lipinski definition) is 3. The Hall–Kier alpha value is -2.55. The van der Waals surface area contributed by atoms with Crippen LogP contribution >= 0.6 is 0 Å². The Kier molecular flexibility index (Phi) is 5.41. The minimum absolute atomic E-state index is 0.0201. The van der Waals surface area contributed by atoms with Gasteiger partial charge in [0.05, 0.1) is 11.8 Å². The van der Waals surface area contributed by atoms with Crippen molar-refractivity contribution in [3.8, 4) is 11.3 Å². The second kappa shape index (κ2) is 7.59. The second-order valence-electron chi connectivity index (χ2n) is 6.52. The number of amides is 2. The van der Waals surface area contributed by atoms with Gasteiger partial charge in [0.2, 0.25) is 0 Å². The van der Waals surface area contributed by atoms with E-state index < -0.39 is 11.9 Å². The fourth-order valence-corrected chi connectivity index (χ4v) is 2.98. The van der Waals surface area contributed by atoms with Crippen molar-refractivity contribution in [3.05, 3.63) is 36.0 Å². The molecule has 1 aromatic heterocycles. The van der Waals surface area contributed by atoms with Gasteiger partial charge in [-0.05, 0) is 37.1 Å². The van der Waals surface area contributed by atoms with E-state index in [2.05, 4.69) is 10.4 Å². The van der Waals surface area contributed by atoms with Crippen LogP contribution in [0.3, 0.4) is 0 Å². The molecule has 1 saturated heterocycles. The Morgan fingerprint density at radius 2 is 2.00 bits per heavy atom. The number of ether oxygens (including phenoxy) is 1. The molecule has 146 valence electrons. The minimum atomic E-state index is -4.49. The molecule has 6 nitrogen and oxygen atoms in total. The third-order valence-corrected chi connectivity index (χ3v) is 4.34. The SMILES string of the molecule is CC1CN(C(=O)Nc2ccc(-c3cc(C(F)(F)F)nn3C)cc2)CCCO1. The van der Waals surface area contributed by atoms with Gasteiger partial charge in [-0.15, -0.1) is 0 Å². The maximum Gasteiger partial charge on any atom is 0.435 e. The molecule has 3 rings (SSSR count). The fourth-order valence-electron chi connectivity index (χ4n) is 2.98. The van der Waals surface area contributed by atoms with E-state index in [0.29, 0.717) is 36.6 Å². The van der Waals surface area contributed by atoms with E-state index in [1.54, 1.807) is 29.2 Å². The van der Waals surface area contributed by atoms with Crippen LogP contribution in [0.4, 0.5) is 23.7 Å². The summed E-state index contributed by atoms with van der Waals surface area (Å²) in [6.45, 7) is 3.68. The van der Waals surface area contributed by atoms with Crippen molar-refractivity contribution >= 4 is 11.7 Å². The molecule has 9 heteroatoms. The summed E-state index contributed by atoms with van der Waals surface area (Å²) < 4.78 is 45.1. The molecule has 1 aliphatic heterocycles. The van der Waals surface area contributed by atoms with E-state index in [9.17, 15) is 18.0 Å². The number of benzene rings is 1. The van der Waals surface area contributed by atoms with Crippen molar-refractivity contribution in [2.24, 2.45) is 7.05 Å². The van der Waals surface area contributed by atoms with Crippen molar-refractivity contribution < 1.29 is 22.7 Å². The molecule has 2 aromatic rings. The first-order valence-electron chi connectivity index (χ1n) is 8.63. The zero-order valence-corrected chi connectivity index (χ0v) is 15.1. The van der Waals surface area contributed by atoms with E-state index in [1.165, 1.54) is 11.7 Å². The molecule has 1 aromatic carbocycles. The molecular weight excluding hydrogens is 361 g/mol. The maximum absolute atomic E-state index is 12.8. The summed E-state index contributed by atoms with van der Waals surface area (Å²) in [4.78, 5) is 14.1. The fraction of sp³-hybridized carbons (Fsp3) is 0.444. The van der Waals surface area contributed by atoms with Gasteiger partial charge in [0, 0.05) is 32.4 Å². The third kappa shape index (κ3) is 4.60. The summed E-state index contributed by atoms with van der Waals surface area (Å²) in [5.41, 5.74) is 0.559. The summed E-state index contributed by atoms with van der Waals surface area (Å²) in [5, 5.41) is 6.32. The van der Waals surface area contributed by atoms with Gasteiger partial charge in [-0.2, -0.15) is 18.3 Å². The zero-order valence-electron chi connectivity index (χ0n) is 15.1. The Balaban J connectivity index is 1.70. The Labute approximate surface area is 154 Å². The predicted molar refractivity (Wildman–Crippen MR) is 94.3 cm³/mol. The largest absolute Gasteiger partial charge is 0.435 e. The van der Waals surface area contributed by atoms with Crippen molar-refractivity contribution in [2.75, 3.05) is 25.0 Å². The number of rotatable bonds is 2. The van der Waals surface area contributed by atoms with Crippen LogP contribution in [0, 0.1) is 0 Å². The quantitative estimate of drug-likeness (QED) is 0.861. The molecule has 2 amide bonds. The third-order valence-electron chi connectivity index (χ3n) is 4.34. The lowest BCUT2D eigenvalue weighted by atomic mass is 10.1. The van der Waals surface area contributed by atoms with Crippen LogP contribution in [0.25, 0.3) is 11.3 Å². The molecule has 0 spiro atoms. The first-order valence-corrected chi connectivity index (χ1v) is 8.63. The summed E-state index contributed by atoms with van der Waals surface area (Å²) in [7, 11) is 1.46. The molecule has 27 heavy (non-hydrogen) atoms. The van der Waals surface area contributed by atoms with Crippen LogP contribution in [-0.2, 0) is 18.0 Å². The monoisotopic (exact) mass is 382 g/mol. The van der Waals surface area contributed by atoms with Gasteiger partial charge in [0.1, 0.15) is 0 Å². The number of nitrogens with one attached hydrogen (secondary N) is 1. The van der Waals surface area contributed by atoms with Crippen molar-refractivity contribution in [2.45, 2.75) is 25.6 Å². The molecule has 1 aliphatic rings. The van der Waals surface area contributed by atoms with Gasteiger partial charge in [0.25, 0.3) is 0 Å². The molecule has 1 N–H and O–H groups in total. The number of nitrogens with zero attached hydrogens (tertiary/aromatic N) is 3. The smallest absolute Gasteiger partial charge is 0.377 e. The van der Waals surface area contributed by atoms with Gasteiger partial charge >= 0.3 is 12.2 Å². The number of carbonyl (C=O) groups is 1. The Morgan fingerprint density at radius 3 is 2.63 bits per heavy atom. The second-order valence-corrected chi connectivity index (χ2v) is 6.52. The lowest BCUT2D eigenvalue weighted by molar-refractivity contribution is -0.141. The number of aromatic nitrogens is 2. The number of urea groups is 1. The number of alkyl halides is 3. The van der Waals surface area contributed by atoms with E-state index in [4.69, 9.17) is 4.74 Å². The van der Waals surface area contributed by atoms with E-state index >= 15 is 0 Å². The number of hydrogen-bond donors (Lipinski definition) is 1. The van der Waals surface area contributed by atoms with Crippen LogP contribution in [-0.4, -0.2) is 46.5 Å². The molecule has 1 fully saturated rings. The minimum Gasteiger partial charge on any atom is -0.377 e. The van der Waals surface area contributed by atoms with Gasteiger partial charge in [0.15, 0.2) is 5.69 Å². The topological polar surface area (TPSA) is 59.4 Å². The first kappa shape index (κ1) is 19.2. The average molecular weight is 382 g/mol. The van der Waals surface area contributed by atoms with Gasteiger partial charge in [-0.1, -0.05) is 12.1 Å². The first-order chi connectivity index (χ1) is 12.7. The van der Waals surface area contributed by atoms with Crippen LogP contribution in [0.2, 0.25) is 0 Å². The number of halogens is 3. The van der Waals surface area contributed by atoms with E-state index in [-0.39, 0.29) is 12.1 Å². The van der Waals surface area contributed by atoms with Crippen molar-refractivity contribution in [3.63, 3.8) is 0 Å². The van der Waals surface area contributed by atoms with Crippen molar-refractivity contribution in [1.82, 2.24) is 14.7 Å². The van der Waals surface area contributed by atoms with Gasteiger partial charge in [-0.25, -0.2) is 4.79 Å². The highest BCUT2D eigenvalue weighted by Crippen LogP contribution is 2.31. The van der Waals surface area contributed by atoms with Crippen molar-refractivity contribution in [1.29, 1.82) is 0 Å².